The number of ether oxygens (including phenoxy) is 1. The van der Waals surface area contributed by atoms with Crippen molar-refractivity contribution in [3.63, 3.8) is 0 Å². The van der Waals surface area contributed by atoms with Crippen LogP contribution in [0.25, 0.3) is 0 Å². The van der Waals surface area contributed by atoms with Crippen LogP contribution in [0.15, 0.2) is 18.3 Å². The predicted octanol–water partition coefficient (Wildman–Crippen LogP) is 3.59. The summed E-state index contributed by atoms with van der Waals surface area (Å²) >= 11 is 0. The third kappa shape index (κ3) is 3.86. The summed E-state index contributed by atoms with van der Waals surface area (Å²) in [5, 5.41) is 3.11. The summed E-state index contributed by atoms with van der Waals surface area (Å²) in [6.07, 6.45) is 4.60. The molecule has 0 saturated carbocycles. The van der Waals surface area contributed by atoms with Crippen LogP contribution in [0, 0.1) is 0 Å². The van der Waals surface area contributed by atoms with Crippen molar-refractivity contribution in [1.29, 1.82) is 0 Å². The number of rotatable bonds is 2. The van der Waals surface area contributed by atoms with E-state index < -0.39 is 5.60 Å². The number of carbonyl (C=O) groups is 1. The van der Waals surface area contributed by atoms with E-state index in [0.29, 0.717) is 0 Å². The van der Waals surface area contributed by atoms with Crippen molar-refractivity contribution < 1.29 is 9.53 Å². The molecule has 0 unspecified atom stereocenters. The van der Waals surface area contributed by atoms with Gasteiger partial charge in [-0.25, -0.2) is 9.78 Å². The van der Waals surface area contributed by atoms with Crippen LogP contribution >= 0.6 is 0 Å². The zero-order chi connectivity index (χ0) is 15.5. The Balaban J connectivity index is 2.25. The van der Waals surface area contributed by atoms with Crippen LogP contribution in [0.4, 0.5) is 10.6 Å². The standard InChI is InChI=1S/C16H25N3O2/c1-16(2,3)21-15(20)19-11-6-5-9-13(19)12-8-7-10-18-14(12)17-4/h7-8,10,13H,5-6,9,11H2,1-4H3,(H,17,18)/t13-/m0/s1. The van der Waals surface area contributed by atoms with E-state index in [9.17, 15) is 4.79 Å². The lowest BCUT2D eigenvalue weighted by atomic mass is 9.96. The van der Waals surface area contributed by atoms with E-state index in [2.05, 4.69) is 10.3 Å². The summed E-state index contributed by atoms with van der Waals surface area (Å²) in [7, 11) is 1.85. The van der Waals surface area contributed by atoms with E-state index in [1.807, 2.05) is 44.9 Å². The molecule has 0 aromatic carbocycles. The van der Waals surface area contributed by atoms with Gasteiger partial charge in [0.05, 0.1) is 6.04 Å². The highest BCUT2D eigenvalue weighted by Crippen LogP contribution is 2.34. The maximum atomic E-state index is 12.5. The van der Waals surface area contributed by atoms with E-state index in [0.717, 1.165) is 37.2 Å². The fourth-order valence-corrected chi connectivity index (χ4v) is 2.69. The van der Waals surface area contributed by atoms with Gasteiger partial charge in [0.15, 0.2) is 0 Å². The largest absolute Gasteiger partial charge is 0.444 e. The monoisotopic (exact) mass is 291 g/mol. The highest BCUT2D eigenvalue weighted by atomic mass is 16.6. The molecule has 1 amide bonds. The molecule has 5 heteroatoms. The van der Waals surface area contributed by atoms with Crippen molar-refractivity contribution >= 4 is 11.9 Å². The summed E-state index contributed by atoms with van der Waals surface area (Å²) in [5.41, 5.74) is 0.588. The highest BCUT2D eigenvalue weighted by molar-refractivity contribution is 5.69. The molecule has 0 aliphatic carbocycles. The lowest BCUT2D eigenvalue weighted by Gasteiger charge is -2.37. The molecule has 0 radical (unpaired) electrons. The van der Waals surface area contributed by atoms with Crippen molar-refractivity contribution in [2.75, 3.05) is 18.9 Å². The Hall–Kier alpha value is -1.78. The Morgan fingerprint density at radius 1 is 1.43 bits per heavy atom. The number of amides is 1. The van der Waals surface area contributed by atoms with E-state index in [1.54, 1.807) is 6.20 Å². The third-order valence-corrected chi connectivity index (χ3v) is 3.57. The smallest absolute Gasteiger partial charge is 0.410 e. The average molecular weight is 291 g/mol. The molecule has 5 nitrogen and oxygen atoms in total. The molecule has 1 aromatic rings. The molecule has 21 heavy (non-hydrogen) atoms. The van der Waals surface area contributed by atoms with Gasteiger partial charge in [-0.2, -0.15) is 0 Å². The van der Waals surface area contributed by atoms with Crippen LogP contribution in [-0.4, -0.2) is 35.2 Å². The molecular weight excluding hydrogens is 266 g/mol. The van der Waals surface area contributed by atoms with E-state index >= 15 is 0 Å². The first-order valence-corrected chi connectivity index (χ1v) is 7.54. The van der Waals surface area contributed by atoms with Gasteiger partial charge in [-0.15, -0.1) is 0 Å². The number of likely N-dealkylation sites (tertiary alicyclic amines) is 1. The van der Waals surface area contributed by atoms with Gasteiger partial charge in [-0.05, 0) is 46.1 Å². The number of nitrogens with zero attached hydrogens (tertiary/aromatic N) is 2. The topological polar surface area (TPSA) is 54.5 Å². The number of anilines is 1. The third-order valence-electron chi connectivity index (χ3n) is 3.57. The maximum absolute atomic E-state index is 12.5. The van der Waals surface area contributed by atoms with Crippen LogP contribution < -0.4 is 5.32 Å². The average Bonchev–Trinajstić information content (AvgIpc) is 2.45. The van der Waals surface area contributed by atoms with Gasteiger partial charge in [0, 0.05) is 25.4 Å². The molecule has 1 atom stereocenters. The highest BCUT2D eigenvalue weighted by Gasteiger charge is 2.32. The molecule has 1 saturated heterocycles. The van der Waals surface area contributed by atoms with Crippen molar-refractivity contribution in [3.8, 4) is 0 Å². The number of pyridine rings is 1. The van der Waals surface area contributed by atoms with Crippen molar-refractivity contribution in [2.45, 2.75) is 51.7 Å². The van der Waals surface area contributed by atoms with Crippen molar-refractivity contribution in [1.82, 2.24) is 9.88 Å². The second-order valence-corrected chi connectivity index (χ2v) is 6.38. The SMILES string of the molecule is CNc1ncccc1[C@@H]1CCCCN1C(=O)OC(C)(C)C. The van der Waals surface area contributed by atoms with Crippen molar-refractivity contribution in [3.05, 3.63) is 23.9 Å². The van der Waals surface area contributed by atoms with E-state index in [4.69, 9.17) is 4.74 Å². The molecular formula is C16H25N3O2. The second-order valence-electron chi connectivity index (χ2n) is 6.38. The van der Waals surface area contributed by atoms with Gasteiger partial charge in [-0.1, -0.05) is 6.07 Å². The molecule has 0 spiro atoms. The minimum Gasteiger partial charge on any atom is -0.444 e. The molecule has 1 aliphatic rings. The Kier molecular flexibility index (Phi) is 4.70. The first-order chi connectivity index (χ1) is 9.92. The molecule has 116 valence electrons. The van der Waals surface area contributed by atoms with Gasteiger partial charge in [0.2, 0.25) is 0 Å². The molecule has 2 heterocycles. The van der Waals surface area contributed by atoms with E-state index in [-0.39, 0.29) is 12.1 Å². The van der Waals surface area contributed by atoms with Crippen LogP contribution in [0.3, 0.4) is 0 Å². The summed E-state index contributed by atoms with van der Waals surface area (Å²) in [6, 6.07) is 3.98. The fraction of sp³-hybridized carbons (Fsp3) is 0.625. The first-order valence-electron chi connectivity index (χ1n) is 7.54. The van der Waals surface area contributed by atoms with E-state index in [1.165, 1.54) is 0 Å². The van der Waals surface area contributed by atoms with Gasteiger partial charge in [0.25, 0.3) is 0 Å². The molecule has 2 rings (SSSR count). The molecule has 1 aliphatic heterocycles. The molecule has 1 aromatic heterocycles. The summed E-state index contributed by atoms with van der Waals surface area (Å²) in [6.45, 7) is 6.42. The first kappa shape index (κ1) is 15.6. The molecule has 1 N–H and O–H groups in total. The number of hydrogen-bond acceptors (Lipinski definition) is 4. The van der Waals surface area contributed by atoms with Crippen LogP contribution in [-0.2, 0) is 4.74 Å². The zero-order valence-electron chi connectivity index (χ0n) is 13.3. The Morgan fingerprint density at radius 3 is 2.86 bits per heavy atom. The summed E-state index contributed by atoms with van der Waals surface area (Å²) < 4.78 is 5.55. The lowest BCUT2D eigenvalue weighted by molar-refractivity contribution is 0.00957. The maximum Gasteiger partial charge on any atom is 0.410 e. The van der Waals surface area contributed by atoms with Gasteiger partial charge in [-0.3, -0.25) is 0 Å². The number of carbonyl (C=O) groups excluding carboxylic acids is 1. The molecule has 0 bridgehead atoms. The van der Waals surface area contributed by atoms with Crippen LogP contribution in [0.5, 0.6) is 0 Å². The van der Waals surface area contributed by atoms with Crippen LogP contribution in [0.1, 0.15) is 51.6 Å². The zero-order valence-corrected chi connectivity index (χ0v) is 13.3. The Bertz CT molecular complexity index is 497. The minimum atomic E-state index is -0.472. The number of nitrogens with one attached hydrogen (secondary N) is 1. The fourth-order valence-electron chi connectivity index (χ4n) is 2.69. The number of hydrogen-bond donors (Lipinski definition) is 1. The summed E-state index contributed by atoms with van der Waals surface area (Å²) in [4.78, 5) is 18.7. The number of aromatic nitrogens is 1. The minimum absolute atomic E-state index is 0.0322. The lowest BCUT2D eigenvalue weighted by Crippen LogP contribution is -2.42. The Labute approximate surface area is 126 Å². The normalized spacial score (nSPS) is 19.2. The van der Waals surface area contributed by atoms with Crippen LogP contribution in [0.2, 0.25) is 0 Å². The van der Waals surface area contributed by atoms with Gasteiger partial charge < -0.3 is 15.0 Å². The Morgan fingerprint density at radius 2 is 2.19 bits per heavy atom. The number of piperidine rings is 1. The van der Waals surface area contributed by atoms with Crippen molar-refractivity contribution in [2.24, 2.45) is 0 Å². The quantitative estimate of drug-likeness (QED) is 0.904. The second kappa shape index (κ2) is 6.33. The van der Waals surface area contributed by atoms with Gasteiger partial charge in [0.1, 0.15) is 11.4 Å². The van der Waals surface area contributed by atoms with Gasteiger partial charge >= 0.3 is 6.09 Å². The predicted molar refractivity (Wildman–Crippen MR) is 83.3 cm³/mol. The summed E-state index contributed by atoms with van der Waals surface area (Å²) in [5.74, 6) is 0.831. The molecule has 1 fully saturated rings.